The van der Waals surface area contributed by atoms with Gasteiger partial charge in [0.2, 0.25) is 0 Å². The Morgan fingerprint density at radius 3 is 2.62 bits per heavy atom. The minimum Gasteiger partial charge on any atom is -0.382 e. The van der Waals surface area contributed by atoms with E-state index in [-0.39, 0.29) is 5.82 Å². The number of rotatable bonds is 2. The Morgan fingerprint density at radius 2 is 1.86 bits per heavy atom. The highest BCUT2D eigenvalue weighted by Crippen LogP contribution is 2.37. The van der Waals surface area contributed by atoms with Gasteiger partial charge in [0.25, 0.3) is 0 Å². The molecule has 1 aromatic heterocycles. The molecular formula is C15H10BrF2N3. The third-order valence-corrected chi connectivity index (χ3v) is 3.74. The van der Waals surface area contributed by atoms with Crippen LogP contribution < -0.4 is 5.73 Å². The highest BCUT2D eigenvalue weighted by molar-refractivity contribution is 9.10. The lowest BCUT2D eigenvalue weighted by atomic mass is 10.0. The first kappa shape index (κ1) is 13.8. The van der Waals surface area contributed by atoms with Crippen molar-refractivity contribution in [1.82, 2.24) is 10.2 Å². The van der Waals surface area contributed by atoms with Gasteiger partial charge in [-0.2, -0.15) is 5.10 Å². The second-order valence-electron chi connectivity index (χ2n) is 4.47. The Labute approximate surface area is 127 Å². The molecule has 0 bridgehead atoms. The minimum absolute atomic E-state index is 0.190. The standard InChI is InChI=1S/C15H10BrF2N3/c16-11-6-2-5-10(13(11)18)14-12(15(19)21-20-14)8-3-1-4-9(17)7-8/h1-7H,(H3,19,20,21). The van der Waals surface area contributed by atoms with Crippen LogP contribution in [0, 0.1) is 11.6 Å². The number of H-pyrrole nitrogens is 1. The van der Waals surface area contributed by atoms with Crippen LogP contribution in [0.2, 0.25) is 0 Å². The van der Waals surface area contributed by atoms with Gasteiger partial charge in [0.15, 0.2) is 5.82 Å². The van der Waals surface area contributed by atoms with Crippen LogP contribution in [0.25, 0.3) is 22.4 Å². The van der Waals surface area contributed by atoms with Gasteiger partial charge >= 0.3 is 0 Å². The number of aromatic nitrogens is 2. The van der Waals surface area contributed by atoms with Crippen LogP contribution in [0.3, 0.4) is 0 Å². The van der Waals surface area contributed by atoms with E-state index >= 15 is 0 Å². The van der Waals surface area contributed by atoms with E-state index in [2.05, 4.69) is 26.1 Å². The van der Waals surface area contributed by atoms with Gasteiger partial charge in [0, 0.05) is 5.56 Å². The first-order valence-electron chi connectivity index (χ1n) is 6.12. The molecule has 0 saturated heterocycles. The number of nitrogens with two attached hydrogens (primary N) is 1. The number of nitrogen functional groups attached to an aromatic ring is 1. The van der Waals surface area contributed by atoms with Gasteiger partial charge in [-0.05, 0) is 45.8 Å². The number of nitrogens with zero attached hydrogens (tertiary/aromatic N) is 1. The van der Waals surface area contributed by atoms with E-state index < -0.39 is 11.6 Å². The molecule has 1 heterocycles. The molecule has 0 fully saturated rings. The fraction of sp³-hybridized carbons (Fsp3) is 0. The summed E-state index contributed by atoms with van der Waals surface area (Å²) in [5.41, 5.74) is 7.59. The molecule has 2 aromatic carbocycles. The Kier molecular flexibility index (Phi) is 3.47. The molecule has 3 nitrogen and oxygen atoms in total. The van der Waals surface area contributed by atoms with E-state index in [4.69, 9.17) is 5.73 Å². The Morgan fingerprint density at radius 1 is 1.10 bits per heavy atom. The van der Waals surface area contributed by atoms with E-state index in [0.717, 1.165) is 0 Å². The summed E-state index contributed by atoms with van der Waals surface area (Å²) in [7, 11) is 0. The second-order valence-corrected chi connectivity index (χ2v) is 5.32. The molecule has 6 heteroatoms. The van der Waals surface area contributed by atoms with Gasteiger partial charge in [0.1, 0.15) is 11.6 Å². The molecule has 0 spiro atoms. The van der Waals surface area contributed by atoms with Crippen molar-refractivity contribution < 1.29 is 8.78 Å². The number of benzene rings is 2. The maximum atomic E-state index is 14.3. The molecule has 0 atom stereocenters. The second kappa shape index (κ2) is 5.29. The third-order valence-electron chi connectivity index (χ3n) is 3.13. The lowest BCUT2D eigenvalue weighted by molar-refractivity contribution is 0.624. The molecule has 3 rings (SSSR count). The van der Waals surface area contributed by atoms with E-state index in [1.54, 1.807) is 30.3 Å². The van der Waals surface area contributed by atoms with Crippen LogP contribution in [0.4, 0.5) is 14.6 Å². The van der Waals surface area contributed by atoms with Crippen molar-refractivity contribution in [3.63, 3.8) is 0 Å². The molecular weight excluding hydrogens is 340 g/mol. The fourth-order valence-corrected chi connectivity index (χ4v) is 2.55. The SMILES string of the molecule is Nc1n[nH]c(-c2cccc(Br)c2F)c1-c1cccc(F)c1. The molecule has 0 aliphatic carbocycles. The van der Waals surface area contributed by atoms with Crippen molar-refractivity contribution in [1.29, 1.82) is 0 Å². The maximum Gasteiger partial charge on any atom is 0.153 e. The molecule has 0 saturated carbocycles. The summed E-state index contributed by atoms with van der Waals surface area (Å²) in [5.74, 6) is -0.637. The van der Waals surface area contributed by atoms with Crippen LogP contribution >= 0.6 is 15.9 Å². The van der Waals surface area contributed by atoms with Crippen LogP contribution in [-0.4, -0.2) is 10.2 Å². The largest absolute Gasteiger partial charge is 0.382 e. The van der Waals surface area contributed by atoms with Gasteiger partial charge in [-0.3, -0.25) is 5.10 Å². The van der Waals surface area contributed by atoms with Crippen molar-refractivity contribution in [3.05, 3.63) is 58.6 Å². The molecule has 0 aliphatic heterocycles. The zero-order valence-electron chi connectivity index (χ0n) is 10.7. The summed E-state index contributed by atoms with van der Waals surface area (Å²) >= 11 is 3.14. The lowest BCUT2D eigenvalue weighted by Gasteiger charge is -2.07. The third kappa shape index (κ3) is 2.42. The number of hydrogen-bond donors (Lipinski definition) is 2. The normalized spacial score (nSPS) is 10.8. The molecule has 106 valence electrons. The van der Waals surface area contributed by atoms with Gasteiger partial charge in [0.05, 0.1) is 15.7 Å². The maximum absolute atomic E-state index is 14.3. The number of hydrogen-bond acceptors (Lipinski definition) is 2. The topological polar surface area (TPSA) is 54.7 Å². The van der Waals surface area contributed by atoms with Crippen LogP contribution in [0.1, 0.15) is 0 Å². The van der Waals surface area contributed by atoms with E-state index in [0.29, 0.717) is 26.9 Å². The first-order valence-corrected chi connectivity index (χ1v) is 6.91. The van der Waals surface area contributed by atoms with Crippen molar-refractivity contribution in [2.75, 3.05) is 5.73 Å². The highest BCUT2D eigenvalue weighted by Gasteiger charge is 2.18. The fourth-order valence-electron chi connectivity index (χ4n) is 2.18. The van der Waals surface area contributed by atoms with Gasteiger partial charge in [-0.1, -0.05) is 18.2 Å². The van der Waals surface area contributed by atoms with E-state index in [1.807, 2.05) is 0 Å². The lowest BCUT2D eigenvalue weighted by Crippen LogP contribution is -1.91. The van der Waals surface area contributed by atoms with E-state index in [1.165, 1.54) is 12.1 Å². The molecule has 21 heavy (non-hydrogen) atoms. The monoisotopic (exact) mass is 349 g/mol. The molecule has 0 radical (unpaired) electrons. The summed E-state index contributed by atoms with van der Waals surface area (Å²) in [6.45, 7) is 0. The van der Waals surface area contributed by atoms with Crippen molar-refractivity contribution in [3.8, 4) is 22.4 Å². The molecule has 0 aliphatic rings. The smallest absolute Gasteiger partial charge is 0.153 e. The summed E-state index contributed by atoms with van der Waals surface area (Å²) in [4.78, 5) is 0. The van der Waals surface area contributed by atoms with E-state index in [9.17, 15) is 8.78 Å². The van der Waals surface area contributed by atoms with Gasteiger partial charge in [-0.15, -0.1) is 0 Å². The van der Waals surface area contributed by atoms with Crippen molar-refractivity contribution >= 4 is 21.7 Å². The average molecular weight is 350 g/mol. The predicted molar refractivity (Wildman–Crippen MR) is 81.5 cm³/mol. The predicted octanol–water partition coefficient (Wildman–Crippen LogP) is 4.37. The number of nitrogens with one attached hydrogen (secondary N) is 1. The van der Waals surface area contributed by atoms with Gasteiger partial charge in [-0.25, -0.2) is 8.78 Å². The highest BCUT2D eigenvalue weighted by atomic mass is 79.9. The molecule has 3 N–H and O–H groups in total. The minimum atomic E-state index is -0.432. The Hall–Kier alpha value is -2.21. The summed E-state index contributed by atoms with van der Waals surface area (Å²) in [5, 5.41) is 6.64. The molecule has 0 amide bonds. The molecule has 0 unspecified atom stereocenters. The van der Waals surface area contributed by atoms with Crippen LogP contribution in [-0.2, 0) is 0 Å². The number of aromatic amines is 1. The van der Waals surface area contributed by atoms with Gasteiger partial charge < -0.3 is 5.73 Å². The first-order chi connectivity index (χ1) is 10.1. The number of anilines is 1. The summed E-state index contributed by atoms with van der Waals surface area (Å²) < 4.78 is 28.0. The number of halogens is 3. The van der Waals surface area contributed by atoms with Crippen molar-refractivity contribution in [2.24, 2.45) is 0 Å². The quantitative estimate of drug-likeness (QED) is 0.721. The zero-order valence-corrected chi connectivity index (χ0v) is 12.3. The Bertz CT molecular complexity index is 814. The summed E-state index contributed by atoms with van der Waals surface area (Å²) in [6.07, 6.45) is 0. The van der Waals surface area contributed by atoms with Crippen LogP contribution in [0.15, 0.2) is 46.9 Å². The summed E-state index contributed by atoms with van der Waals surface area (Å²) in [6, 6.07) is 10.8. The van der Waals surface area contributed by atoms with Crippen LogP contribution in [0.5, 0.6) is 0 Å². The zero-order chi connectivity index (χ0) is 15.0. The molecule has 3 aromatic rings. The van der Waals surface area contributed by atoms with Crippen molar-refractivity contribution in [2.45, 2.75) is 0 Å². The average Bonchev–Trinajstić information content (AvgIpc) is 2.83. The Balaban J connectivity index is 2.24.